The van der Waals surface area contributed by atoms with Crippen molar-refractivity contribution < 1.29 is 13.0 Å². The third-order valence-corrected chi connectivity index (χ3v) is 7.83. The first-order valence-corrected chi connectivity index (χ1v) is 13.3. The van der Waals surface area contributed by atoms with Gasteiger partial charge in [-0.25, -0.2) is 0 Å². The van der Waals surface area contributed by atoms with Gasteiger partial charge < -0.3 is 0 Å². The number of rotatable bonds is 9. The molecule has 1 unspecified atom stereocenters. The Morgan fingerprint density at radius 3 is 2.18 bits per heavy atom. The van der Waals surface area contributed by atoms with E-state index in [0.29, 0.717) is 0 Å². The Morgan fingerprint density at radius 1 is 1.05 bits per heavy atom. The number of hydrogen-bond acceptors (Lipinski definition) is 2. The molecule has 126 valence electrons. The van der Waals surface area contributed by atoms with Gasteiger partial charge in [-0.1, -0.05) is 76.9 Å². The molecule has 0 aliphatic rings. The van der Waals surface area contributed by atoms with Gasteiger partial charge in [0.15, 0.2) is 0 Å². The Hall–Kier alpha value is -0.653. The molecule has 0 aliphatic heterocycles. The number of benzene rings is 1. The normalized spacial score (nSPS) is 14.0. The van der Waals surface area contributed by atoms with Crippen LogP contribution in [-0.4, -0.2) is 21.0 Å². The second-order valence-electron chi connectivity index (χ2n) is 7.13. The topological polar surface area (TPSA) is 54.4 Å². The smallest absolute Gasteiger partial charge is 0.282 e. The van der Waals surface area contributed by atoms with E-state index in [2.05, 4.69) is 26.6 Å². The Balaban J connectivity index is 2.99. The molecule has 1 aromatic carbocycles. The highest BCUT2D eigenvalue weighted by atomic mass is 32.2. The molecule has 0 amide bonds. The van der Waals surface area contributed by atoms with E-state index >= 15 is 0 Å². The minimum absolute atomic E-state index is 0.0935. The van der Waals surface area contributed by atoms with Crippen LogP contribution < -0.4 is 0 Å². The number of unbranched alkanes of at least 4 members (excludes halogenated alkanes) is 4. The summed E-state index contributed by atoms with van der Waals surface area (Å²) in [6, 6.07) is 6.94. The van der Waals surface area contributed by atoms with Gasteiger partial charge in [-0.15, -0.1) is 0 Å². The first kappa shape index (κ1) is 19.4. The quantitative estimate of drug-likeness (QED) is 0.378. The van der Waals surface area contributed by atoms with Gasteiger partial charge in [0.05, 0.1) is 13.0 Å². The molecule has 1 aromatic rings. The van der Waals surface area contributed by atoms with E-state index in [1.807, 2.05) is 12.1 Å². The summed E-state index contributed by atoms with van der Waals surface area (Å²) in [5.74, 6) is 0. The van der Waals surface area contributed by atoms with Crippen LogP contribution in [0.15, 0.2) is 29.2 Å². The van der Waals surface area contributed by atoms with Gasteiger partial charge in [0.25, 0.3) is 10.1 Å². The minimum atomic E-state index is -4.16. The third-order valence-electron chi connectivity index (χ3n) is 4.21. The first-order chi connectivity index (χ1) is 10.2. The Labute approximate surface area is 136 Å². The molecule has 1 atom stereocenters. The Morgan fingerprint density at radius 2 is 1.64 bits per heavy atom. The summed E-state index contributed by atoms with van der Waals surface area (Å²) in [5, 5.41) is 0. The van der Waals surface area contributed by atoms with Crippen molar-refractivity contribution in [2.24, 2.45) is 0 Å². The summed E-state index contributed by atoms with van der Waals surface area (Å²) in [6.45, 7) is 9.01. The molecule has 3 nitrogen and oxygen atoms in total. The molecular weight excluding hydrogens is 312 g/mol. The lowest BCUT2D eigenvalue weighted by Gasteiger charge is -2.30. The van der Waals surface area contributed by atoms with Crippen LogP contribution in [0.2, 0.25) is 19.6 Å². The van der Waals surface area contributed by atoms with Crippen molar-refractivity contribution in [3.8, 4) is 0 Å². The molecule has 0 spiro atoms. The van der Waals surface area contributed by atoms with E-state index in [0.717, 1.165) is 18.4 Å². The maximum atomic E-state index is 11.7. The lowest BCUT2D eigenvalue weighted by Crippen LogP contribution is -2.32. The predicted octanol–water partition coefficient (Wildman–Crippen LogP) is 5.25. The highest BCUT2D eigenvalue weighted by Crippen LogP contribution is 2.35. The van der Waals surface area contributed by atoms with E-state index in [-0.39, 0.29) is 10.4 Å². The van der Waals surface area contributed by atoms with Gasteiger partial charge in [0.1, 0.15) is 0 Å². The molecule has 1 rings (SSSR count). The van der Waals surface area contributed by atoms with Gasteiger partial charge in [-0.05, 0) is 23.6 Å². The van der Waals surface area contributed by atoms with Crippen LogP contribution in [0, 0.1) is 0 Å². The molecule has 0 aromatic heterocycles. The van der Waals surface area contributed by atoms with Gasteiger partial charge in [0.2, 0.25) is 0 Å². The van der Waals surface area contributed by atoms with E-state index in [1.54, 1.807) is 6.07 Å². The second kappa shape index (κ2) is 8.27. The van der Waals surface area contributed by atoms with Crippen LogP contribution in [0.3, 0.4) is 0 Å². The zero-order chi connectivity index (χ0) is 16.8. The van der Waals surface area contributed by atoms with Crippen molar-refractivity contribution in [1.82, 2.24) is 0 Å². The van der Waals surface area contributed by atoms with Crippen molar-refractivity contribution in [1.29, 1.82) is 0 Å². The van der Waals surface area contributed by atoms with Crippen molar-refractivity contribution >= 4 is 18.2 Å². The summed E-state index contributed by atoms with van der Waals surface area (Å²) < 4.78 is 32.9. The fourth-order valence-corrected chi connectivity index (χ4v) is 6.13. The van der Waals surface area contributed by atoms with Gasteiger partial charge in [0, 0.05) is 0 Å². The van der Waals surface area contributed by atoms with Crippen LogP contribution in [0.4, 0.5) is 0 Å². The SMILES string of the molecule is CCCCCCCC(c1ccccc1S(=O)(=O)O)[Si](C)(C)C. The molecule has 0 heterocycles. The molecule has 0 fully saturated rings. The summed E-state index contributed by atoms with van der Waals surface area (Å²) >= 11 is 0. The average Bonchev–Trinajstić information content (AvgIpc) is 2.40. The van der Waals surface area contributed by atoms with E-state index < -0.39 is 18.2 Å². The molecule has 0 saturated heterocycles. The molecule has 0 radical (unpaired) electrons. The molecule has 0 saturated carbocycles. The standard InChI is InChI=1S/C17H30O3SSi/c1-5-6-7-8-9-14-17(22(2,3)4)15-12-10-11-13-16(15)21(18,19)20/h10-13,17H,5-9,14H2,1-4H3,(H,18,19,20). The maximum Gasteiger partial charge on any atom is 0.294 e. The summed E-state index contributed by atoms with van der Waals surface area (Å²) in [7, 11) is -5.74. The molecular formula is C17H30O3SSi. The highest BCUT2D eigenvalue weighted by molar-refractivity contribution is 7.85. The van der Waals surface area contributed by atoms with Gasteiger partial charge >= 0.3 is 0 Å². The van der Waals surface area contributed by atoms with Crippen LogP contribution in [-0.2, 0) is 10.1 Å². The van der Waals surface area contributed by atoms with Crippen LogP contribution in [0.1, 0.15) is 56.6 Å². The van der Waals surface area contributed by atoms with Crippen LogP contribution in [0.5, 0.6) is 0 Å². The lowest BCUT2D eigenvalue weighted by atomic mass is 10.0. The highest BCUT2D eigenvalue weighted by Gasteiger charge is 2.31. The zero-order valence-corrected chi connectivity index (χ0v) is 16.1. The molecule has 5 heteroatoms. The van der Waals surface area contributed by atoms with Gasteiger partial charge in [-0.2, -0.15) is 8.42 Å². The fourth-order valence-electron chi connectivity index (χ4n) is 3.01. The van der Waals surface area contributed by atoms with Crippen molar-refractivity contribution in [2.75, 3.05) is 0 Å². The summed E-state index contributed by atoms with van der Waals surface area (Å²) in [6.07, 6.45) is 7.06. The van der Waals surface area contributed by atoms with Crippen LogP contribution >= 0.6 is 0 Å². The average molecular weight is 343 g/mol. The second-order valence-corrected chi connectivity index (χ2v) is 14.0. The van der Waals surface area contributed by atoms with E-state index in [9.17, 15) is 13.0 Å². The minimum Gasteiger partial charge on any atom is -0.282 e. The summed E-state index contributed by atoms with van der Waals surface area (Å²) in [5.41, 5.74) is 1.06. The molecule has 1 N–H and O–H groups in total. The predicted molar refractivity (Wildman–Crippen MR) is 95.7 cm³/mol. The maximum absolute atomic E-state index is 11.7. The Kier molecular flexibility index (Phi) is 7.29. The van der Waals surface area contributed by atoms with Crippen molar-refractivity contribution in [3.05, 3.63) is 29.8 Å². The van der Waals surface area contributed by atoms with E-state index in [4.69, 9.17) is 0 Å². The molecule has 22 heavy (non-hydrogen) atoms. The zero-order valence-electron chi connectivity index (χ0n) is 14.3. The molecule has 0 bridgehead atoms. The van der Waals surface area contributed by atoms with Gasteiger partial charge in [-0.3, -0.25) is 4.55 Å². The van der Waals surface area contributed by atoms with Crippen molar-refractivity contribution in [3.63, 3.8) is 0 Å². The van der Waals surface area contributed by atoms with E-state index in [1.165, 1.54) is 31.7 Å². The summed E-state index contributed by atoms with van der Waals surface area (Å²) in [4.78, 5) is 0.0935. The fraction of sp³-hybridized carbons (Fsp3) is 0.647. The van der Waals surface area contributed by atoms with Crippen LogP contribution in [0.25, 0.3) is 0 Å². The molecule has 0 aliphatic carbocycles. The Bertz CT molecular complexity index is 562. The number of hydrogen-bond donors (Lipinski definition) is 1. The monoisotopic (exact) mass is 342 g/mol. The lowest BCUT2D eigenvalue weighted by molar-refractivity contribution is 0.481. The third kappa shape index (κ3) is 5.86. The first-order valence-electron chi connectivity index (χ1n) is 8.24. The van der Waals surface area contributed by atoms with Crippen molar-refractivity contribution in [2.45, 2.75) is 75.5 Å². The largest absolute Gasteiger partial charge is 0.294 e.